The zero-order valence-corrected chi connectivity index (χ0v) is 15.2. The maximum absolute atomic E-state index is 12.1. The lowest BCUT2D eigenvalue weighted by atomic mass is 10.1. The van der Waals surface area contributed by atoms with Gasteiger partial charge in [0.05, 0.1) is 0 Å². The number of amides is 2. The third kappa shape index (κ3) is 5.71. The molecule has 1 aromatic rings. The van der Waals surface area contributed by atoms with Crippen LogP contribution in [0, 0.1) is 5.92 Å². The quantitative estimate of drug-likeness (QED) is 0.770. The first-order valence-corrected chi connectivity index (χ1v) is 8.65. The van der Waals surface area contributed by atoms with Crippen LogP contribution in [0.1, 0.15) is 45.1 Å². The van der Waals surface area contributed by atoms with Gasteiger partial charge in [-0.05, 0) is 51.2 Å². The van der Waals surface area contributed by atoms with Gasteiger partial charge in [-0.2, -0.15) is 0 Å². The minimum absolute atomic E-state index is 0.00344. The number of hydrogen-bond donors (Lipinski definition) is 2. The van der Waals surface area contributed by atoms with Crippen molar-refractivity contribution in [3.63, 3.8) is 0 Å². The summed E-state index contributed by atoms with van der Waals surface area (Å²) in [4.78, 5) is 23.6. The summed E-state index contributed by atoms with van der Waals surface area (Å²) >= 11 is 6.17. The van der Waals surface area contributed by atoms with Crippen molar-refractivity contribution in [3.8, 4) is 0 Å². The maximum atomic E-state index is 12.1. The van der Waals surface area contributed by atoms with Crippen molar-refractivity contribution < 1.29 is 14.3 Å². The molecule has 1 aliphatic rings. The lowest BCUT2D eigenvalue weighted by Gasteiger charge is -2.19. The van der Waals surface area contributed by atoms with Gasteiger partial charge >= 0.3 is 6.09 Å². The predicted octanol–water partition coefficient (Wildman–Crippen LogP) is 3.47. The second kappa shape index (κ2) is 7.88. The number of benzene rings is 1. The second-order valence-electron chi connectivity index (χ2n) is 7.04. The average Bonchev–Trinajstić information content (AvgIpc) is 3.25. The van der Waals surface area contributed by atoms with E-state index in [1.54, 1.807) is 0 Å². The summed E-state index contributed by atoms with van der Waals surface area (Å²) in [7, 11) is 0. The van der Waals surface area contributed by atoms with Crippen LogP contribution in [0.3, 0.4) is 0 Å². The molecular weight excluding hydrogens is 328 g/mol. The highest BCUT2D eigenvalue weighted by Crippen LogP contribution is 2.49. The third-order valence-electron chi connectivity index (χ3n) is 3.75. The van der Waals surface area contributed by atoms with E-state index in [1.807, 2.05) is 45.0 Å². The highest BCUT2D eigenvalue weighted by atomic mass is 35.5. The van der Waals surface area contributed by atoms with E-state index in [0.717, 1.165) is 17.0 Å². The lowest BCUT2D eigenvalue weighted by molar-refractivity contribution is -0.122. The fourth-order valence-electron chi connectivity index (χ4n) is 2.54. The van der Waals surface area contributed by atoms with Crippen LogP contribution >= 0.6 is 11.6 Å². The number of halogens is 1. The molecule has 0 aliphatic heterocycles. The molecule has 0 bridgehead atoms. The molecule has 0 heterocycles. The van der Waals surface area contributed by atoms with E-state index in [4.69, 9.17) is 16.3 Å². The summed E-state index contributed by atoms with van der Waals surface area (Å²) in [5.41, 5.74) is 0.545. The fourth-order valence-corrected chi connectivity index (χ4v) is 2.82. The summed E-state index contributed by atoms with van der Waals surface area (Å²) < 4.78 is 5.14. The maximum Gasteiger partial charge on any atom is 0.407 e. The Morgan fingerprint density at radius 2 is 1.88 bits per heavy atom. The molecule has 0 spiro atoms. The highest BCUT2D eigenvalue weighted by Gasteiger charge is 2.44. The molecule has 0 aromatic heterocycles. The van der Waals surface area contributed by atoms with Gasteiger partial charge in [-0.1, -0.05) is 29.8 Å². The van der Waals surface area contributed by atoms with Crippen molar-refractivity contribution in [2.75, 3.05) is 13.1 Å². The molecule has 6 heteroatoms. The first kappa shape index (κ1) is 18.6. The summed E-state index contributed by atoms with van der Waals surface area (Å²) in [5, 5.41) is 6.30. The summed E-state index contributed by atoms with van der Waals surface area (Å²) in [6.07, 6.45) is 1.06. The second-order valence-corrected chi connectivity index (χ2v) is 7.45. The number of carbonyl (C=O) groups excluding carboxylic acids is 2. The number of carbonyl (C=O) groups is 2. The van der Waals surface area contributed by atoms with Gasteiger partial charge in [-0.3, -0.25) is 4.79 Å². The number of nitrogens with one attached hydrogen (secondary N) is 2. The first-order chi connectivity index (χ1) is 11.3. The minimum atomic E-state index is -0.502. The number of ether oxygens (including phenoxy) is 1. The van der Waals surface area contributed by atoms with Gasteiger partial charge in [0.2, 0.25) is 5.91 Å². The van der Waals surface area contributed by atoms with Gasteiger partial charge in [-0.15, -0.1) is 0 Å². The Morgan fingerprint density at radius 1 is 1.21 bits per heavy atom. The highest BCUT2D eigenvalue weighted by molar-refractivity contribution is 6.31. The molecule has 2 N–H and O–H groups in total. The molecule has 0 radical (unpaired) electrons. The Labute approximate surface area is 148 Å². The van der Waals surface area contributed by atoms with Crippen LogP contribution in [0.4, 0.5) is 4.79 Å². The van der Waals surface area contributed by atoms with Gasteiger partial charge in [0.25, 0.3) is 0 Å². The molecule has 2 rings (SSSR count). The van der Waals surface area contributed by atoms with E-state index in [9.17, 15) is 9.59 Å². The van der Waals surface area contributed by atoms with Crippen molar-refractivity contribution in [2.24, 2.45) is 5.92 Å². The Kier molecular flexibility index (Phi) is 6.10. The Bertz CT molecular complexity index is 598. The monoisotopic (exact) mass is 352 g/mol. The zero-order chi connectivity index (χ0) is 17.7. The molecule has 5 nitrogen and oxygen atoms in total. The number of alkyl carbamates (subject to hydrolysis) is 1. The van der Waals surface area contributed by atoms with Crippen LogP contribution in [0.25, 0.3) is 0 Å². The van der Waals surface area contributed by atoms with Crippen molar-refractivity contribution in [1.82, 2.24) is 10.6 Å². The van der Waals surface area contributed by atoms with Gasteiger partial charge in [0.15, 0.2) is 0 Å². The van der Waals surface area contributed by atoms with Crippen molar-refractivity contribution >= 4 is 23.6 Å². The van der Waals surface area contributed by atoms with E-state index in [-0.39, 0.29) is 17.7 Å². The molecule has 132 valence electrons. The molecule has 2 unspecified atom stereocenters. The van der Waals surface area contributed by atoms with E-state index < -0.39 is 11.7 Å². The van der Waals surface area contributed by atoms with Gasteiger partial charge in [0.1, 0.15) is 5.60 Å². The van der Waals surface area contributed by atoms with Gasteiger partial charge in [0, 0.05) is 24.0 Å². The summed E-state index contributed by atoms with van der Waals surface area (Å²) in [5.74, 6) is 0.277. The van der Waals surface area contributed by atoms with Crippen molar-refractivity contribution in [2.45, 2.75) is 45.1 Å². The van der Waals surface area contributed by atoms with Crippen LogP contribution in [-0.4, -0.2) is 30.7 Å². The largest absolute Gasteiger partial charge is 0.444 e. The molecule has 24 heavy (non-hydrogen) atoms. The SMILES string of the molecule is CC(C)(C)OC(=O)NCCCNC(=O)C1CC1c1ccccc1Cl. The van der Waals surface area contributed by atoms with Crippen molar-refractivity contribution in [3.05, 3.63) is 34.9 Å². The van der Waals surface area contributed by atoms with E-state index in [0.29, 0.717) is 19.5 Å². The standard InChI is InChI=1S/C18H25ClN2O3/c1-18(2,3)24-17(23)21-10-6-9-20-16(22)14-11-13(14)12-7-4-5-8-15(12)19/h4-5,7-8,13-14H,6,9-11H2,1-3H3,(H,20,22)(H,21,23). The van der Waals surface area contributed by atoms with E-state index >= 15 is 0 Å². The molecule has 1 fully saturated rings. The summed E-state index contributed by atoms with van der Waals surface area (Å²) in [6, 6.07) is 7.66. The minimum Gasteiger partial charge on any atom is -0.444 e. The zero-order valence-electron chi connectivity index (χ0n) is 14.4. The molecular formula is C18H25ClN2O3. The molecule has 2 atom stereocenters. The topological polar surface area (TPSA) is 67.4 Å². The average molecular weight is 353 g/mol. The molecule has 1 saturated carbocycles. The normalized spacial score (nSPS) is 19.5. The molecule has 0 saturated heterocycles. The van der Waals surface area contributed by atoms with Crippen LogP contribution in [-0.2, 0) is 9.53 Å². The summed E-state index contributed by atoms with van der Waals surface area (Å²) in [6.45, 7) is 6.45. The molecule has 1 aliphatic carbocycles. The van der Waals surface area contributed by atoms with E-state index in [2.05, 4.69) is 10.6 Å². The number of hydrogen-bond acceptors (Lipinski definition) is 3. The van der Waals surface area contributed by atoms with E-state index in [1.165, 1.54) is 0 Å². The van der Waals surface area contributed by atoms with Crippen LogP contribution in [0.2, 0.25) is 5.02 Å². The molecule has 1 aromatic carbocycles. The Hall–Kier alpha value is -1.75. The fraction of sp³-hybridized carbons (Fsp3) is 0.556. The van der Waals surface area contributed by atoms with Gasteiger partial charge < -0.3 is 15.4 Å². The Morgan fingerprint density at radius 3 is 2.54 bits per heavy atom. The smallest absolute Gasteiger partial charge is 0.407 e. The van der Waals surface area contributed by atoms with Crippen molar-refractivity contribution in [1.29, 1.82) is 0 Å². The van der Waals surface area contributed by atoms with Crippen LogP contribution < -0.4 is 10.6 Å². The predicted molar refractivity (Wildman–Crippen MR) is 94.2 cm³/mol. The first-order valence-electron chi connectivity index (χ1n) is 8.27. The lowest BCUT2D eigenvalue weighted by Crippen LogP contribution is -2.34. The molecule has 2 amide bonds. The van der Waals surface area contributed by atoms with Crippen LogP contribution in [0.15, 0.2) is 24.3 Å². The van der Waals surface area contributed by atoms with Gasteiger partial charge in [-0.25, -0.2) is 4.79 Å². The van der Waals surface area contributed by atoms with Crippen LogP contribution in [0.5, 0.6) is 0 Å². The Balaban J connectivity index is 1.62. The number of rotatable bonds is 6. The third-order valence-corrected chi connectivity index (χ3v) is 4.10.